The van der Waals surface area contributed by atoms with Crippen molar-refractivity contribution in [2.24, 2.45) is 5.92 Å². The van der Waals surface area contributed by atoms with Crippen LogP contribution in [-0.2, 0) is 0 Å². The van der Waals surface area contributed by atoms with Crippen LogP contribution < -0.4 is 11.1 Å². The minimum atomic E-state index is -0.0468. The normalized spacial score (nSPS) is 24.2. The number of hydrogen-bond acceptors (Lipinski definition) is 3. The molecule has 1 heterocycles. The van der Waals surface area contributed by atoms with Crippen molar-refractivity contribution in [2.45, 2.75) is 19.4 Å². The van der Waals surface area contributed by atoms with Gasteiger partial charge in [0.25, 0.3) is 5.91 Å². The topological polar surface area (TPSA) is 58.4 Å². The third-order valence-corrected chi connectivity index (χ3v) is 4.06. The zero-order valence-electron chi connectivity index (χ0n) is 11.3. The number of hydrogen-bond donors (Lipinski definition) is 2. The van der Waals surface area contributed by atoms with Crippen LogP contribution in [0.1, 0.15) is 23.7 Å². The minimum absolute atomic E-state index is 0.0468. The van der Waals surface area contributed by atoms with E-state index in [9.17, 15) is 4.79 Å². The van der Waals surface area contributed by atoms with Crippen LogP contribution >= 0.6 is 15.9 Å². The Morgan fingerprint density at radius 3 is 2.84 bits per heavy atom. The molecule has 1 amide bonds. The highest BCUT2D eigenvalue weighted by atomic mass is 79.9. The van der Waals surface area contributed by atoms with Crippen LogP contribution in [0, 0.1) is 5.92 Å². The molecule has 1 aliphatic rings. The first-order valence-corrected chi connectivity index (χ1v) is 7.30. The number of nitrogens with zero attached hydrogens (tertiary/aromatic N) is 1. The number of amides is 1. The SMILES string of the molecule is CC1CN(C)CCC1NC(=O)c1cc(N)cc(Br)c1. The Labute approximate surface area is 122 Å². The lowest BCUT2D eigenvalue weighted by molar-refractivity contribution is 0.0884. The first kappa shape index (κ1) is 14.3. The summed E-state index contributed by atoms with van der Waals surface area (Å²) in [6.07, 6.45) is 0.993. The van der Waals surface area contributed by atoms with Crippen LogP contribution in [0.4, 0.5) is 5.69 Å². The van der Waals surface area contributed by atoms with Gasteiger partial charge in [-0.25, -0.2) is 0 Å². The van der Waals surface area contributed by atoms with Crippen molar-refractivity contribution in [1.29, 1.82) is 0 Å². The molecule has 1 aromatic rings. The van der Waals surface area contributed by atoms with E-state index in [1.54, 1.807) is 18.2 Å². The third kappa shape index (κ3) is 3.70. The van der Waals surface area contributed by atoms with E-state index in [1.807, 2.05) is 0 Å². The summed E-state index contributed by atoms with van der Waals surface area (Å²) in [5.74, 6) is 0.418. The van der Waals surface area contributed by atoms with Crippen molar-refractivity contribution in [3.8, 4) is 0 Å². The Morgan fingerprint density at radius 1 is 1.47 bits per heavy atom. The van der Waals surface area contributed by atoms with Gasteiger partial charge in [-0.3, -0.25) is 4.79 Å². The summed E-state index contributed by atoms with van der Waals surface area (Å²) in [6.45, 7) is 4.22. The molecule has 1 aromatic carbocycles. The Hall–Kier alpha value is -1.07. The van der Waals surface area contributed by atoms with Gasteiger partial charge in [-0.05, 0) is 44.1 Å². The van der Waals surface area contributed by atoms with Crippen LogP contribution in [0.3, 0.4) is 0 Å². The predicted molar refractivity (Wildman–Crippen MR) is 81.1 cm³/mol. The molecule has 2 rings (SSSR count). The fourth-order valence-electron chi connectivity index (χ4n) is 2.56. The molecule has 0 aliphatic carbocycles. The highest BCUT2D eigenvalue weighted by Crippen LogP contribution is 2.19. The Bertz CT molecular complexity index is 458. The molecule has 0 saturated carbocycles. The second kappa shape index (κ2) is 5.92. The number of benzene rings is 1. The first-order chi connectivity index (χ1) is 8.95. The molecule has 0 spiro atoms. The minimum Gasteiger partial charge on any atom is -0.399 e. The predicted octanol–water partition coefficient (Wildman–Crippen LogP) is 2.10. The number of nitrogen functional groups attached to an aromatic ring is 1. The molecule has 2 atom stereocenters. The van der Waals surface area contributed by atoms with E-state index in [2.05, 4.69) is 40.1 Å². The van der Waals surface area contributed by atoms with E-state index in [0.717, 1.165) is 24.0 Å². The molecular formula is C14H20BrN3O. The summed E-state index contributed by atoms with van der Waals surface area (Å²) in [5, 5.41) is 3.12. The largest absolute Gasteiger partial charge is 0.399 e. The average Bonchev–Trinajstić information content (AvgIpc) is 2.31. The molecule has 0 bridgehead atoms. The highest BCUT2D eigenvalue weighted by Gasteiger charge is 2.25. The maximum Gasteiger partial charge on any atom is 0.251 e. The van der Waals surface area contributed by atoms with Gasteiger partial charge in [-0.15, -0.1) is 0 Å². The van der Waals surface area contributed by atoms with E-state index in [4.69, 9.17) is 5.73 Å². The van der Waals surface area contributed by atoms with E-state index in [1.165, 1.54) is 0 Å². The van der Waals surface area contributed by atoms with E-state index in [0.29, 0.717) is 17.2 Å². The number of anilines is 1. The number of likely N-dealkylation sites (tertiary alicyclic amines) is 1. The number of piperidine rings is 1. The third-order valence-electron chi connectivity index (χ3n) is 3.61. The Kier molecular flexibility index (Phi) is 4.47. The summed E-state index contributed by atoms with van der Waals surface area (Å²) in [7, 11) is 2.11. The summed E-state index contributed by atoms with van der Waals surface area (Å²) in [4.78, 5) is 14.5. The summed E-state index contributed by atoms with van der Waals surface area (Å²) < 4.78 is 0.828. The second-order valence-electron chi connectivity index (χ2n) is 5.38. The number of carbonyl (C=O) groups excluding carboxylic acids is 1. The van der Waals surface area contributed by atoms with E-state index < -0.39 is 0 Å². The maximum atomic E-state index is 12.2. The average molecular weight is 326 g/mol. The molecule has 1 saturated heterocycles. The summed E-state index contributed by atoms with van der Waals surface area (Å²) in [6, 6.07) is 5.53. The molecule has 1 fully saturated rings. The molecule has 0 aromatic heterocycles. The van der Waals surface area contributed by atoms with Crippen molar-refractivity contribution in [3.63, 3.8) is 0 Å². The monoisotopic (exact) mass is 325 g/mol. The smallest absolute Gasteiger partial charge is 0.251 e. The Balaban J connectivity index is 2.04. The standard InChI is InChI=1S/C14H20BrN3O/c1-9-8-18(2)4-3-13(9)17-14(19)10-5-11(15)7-12(16)6-10/h5-7,9,13H,3-4,8,16H2,1-2H3,(H,17,19). The van der Waals surface area contributed by atoms with E-state index in [-0.39, 0.29) is 11.9 Å². The molecule has 4 nitrogen and oxygen atoms in total. The molecule has 19 heavy (non-hydrogen) atoms. The zero-order valence-corrected chi connectivity index (χ0v) is 12.9. The molecular weight excluding hydrogens is 306 g/mol. The molecule has 1 aliphatic heterocycles. The van der Waals surface area contributed by atoms with Gasteiger partial charge < -0.3 is 16.0 Å². The summed E-state index contributed by atoms with van der Waals surface area (Å²) >= 11 is 3.36. The van der Waals surface area contributed by atoms with Crippen molar-refractivity contribution >= 4 is 27.5 Å². The van der Waals surface area contributed by atoms with Gasteiger partial charge in [0.2, 0.25) is 0 Å². The zero-order chi connectivity index (χ0) is 14.0. The van der Waals surface area contributed by atoms with Crippen LogP contribution in [-0.4, -0.2) is 37.0 Å². The quantitative estimate of drug-likeness (QED) is 0.819. The van der Waals surface area contributed by atoms with Crippen molar-refractivity contribution in [2.75, 3.05) is 25.9 Å². The van der Waals surface area contributed by atoms with Crippen LogP contribution in [0.2, 0.25) is 0 Å². The highest BCUT2D eigenvalue weighted by molar-refractivity contribution is 9.10. The van der Waals surface area contributed by atoms with Crippen LogP contribution in [0.15, 0.2) is 22.7 Å². The fourth-order valence-corrected chi connectivity index (χ4v) is 3.07. The van der Waals surface area contributed by atoms with Gasteiger partial charge >= 0.3 is 0 Å². The molecule has 2 unspecified atom stereocenters. The number of nitrogens with two attached hydrogens (primary N) is 1. The second-order valence-corrected chi connectivity index (χ2v) is 6.30. The Morgan fingerprint density at radius 2 is 2.21 bits per heavy atom. The lowest BCUT2D eigenvalue weighted by Crippen LogP contribution is -2.48. The van der Waals surface area contributed by atoms with Gasteiger partial charge in [-0.1, -0.05) is 22.9 Å². The van der Waals surface area contributed by atoms with Crippen molar-refractivity contribution in [1.82, 2.24) is 10.2 Å². The summed E-state index contributed by atoms with van der Waals surface area (Å²) in [5.41, 5.74) is 6.96. The van der Waals surface area contributed by atoms with Crippen LogP contribution in [0.5, 0.6) is 0 Å². The lowest BCUT2D eigenvalue weighted by Gasteiger charge is -2.35. The van der Waals surface area contributed by atoms with Gasteiger partial charge in [0, 0.05) is 28.3 Å². The van der Waals surface area contributed by atoms with Gasteiger partial charge in [0.15, 0.2) is 0 Å². The number of carbonyl (C=O) groups is 1. The molecule has 3 N–H and O–H groups in total. The molecule has 104 valence electrons. The first-order valence-electron chi connectivity index (χ1n) is 6.51. The van der Waals surface area contributed by atoms with Crippen molar-refractivity contribution < 1.29 is 4.79 Å². The molecule has 0 radical (unpaired) electrons. The number of nitrogens with one attached hydrogen (secondary N) is 1. The maximum absolute atomic E-state index is 12.2. The lowest BCUT2D eigenvalue weighted by atomic mass is 9.94. The van der Waals surface area contributed by atoms with Gasteiger partial charge in [-0.2, -0.15) is 0 Å². The molecule has 5 heteroatoms. The van der Waals surface area contributed by atoms with E-state index >= 15 is 0 Å². The van der Waals surface area contributed by atoms with Crippen LogP contribution in [0.25, 0.3) is 0 Å². The van der Waals surface area contributed by atoms with Gasteiger partial charge in [0.1, 0.15) is 0 Å². The fraction of sp³-hybridized carbons (Fsp3) is 0.500. The van der Waals surface area contributed by atoms with Gasteiger partial charge in [0.05, 0.1) is 0 Å². The number of rotatable bonds is 2. The number of halogens is 1. The van der Waals surface area contributed by atoms with Crippen molar-refractivity contribution in [3.05, 3.63) is 28.2 Å².